The van der Waals surface area contributed by atoms with Crippen molar-refractivity contribution < 1.29 is 16.5 Å². The average Bonchev–Trinajstić information content (AvgIpc) is 3.69. The molecule has 0 saturated carbocycles. The zero-order chi connectivity index (χ0) is 27.0. The Morgan fingerprint density at radius 3 is 1.31 bits per heavy atom. The van der Waals surface area contributed by atoms with Crippen LogP contribution in [0.3, 0.4) is 0 Å². The minimum Gasteiger partial charge on any atom is -0.752 e. The van der Waals surface area contributed by atoms with Gasteiger partial charge in [-0.2, -0.15) is 20.4 Å². The zero-order valence-electron chi connectivity index (χ0n) is 21.2. The van der Waals surface area contributed by atoms with Gasteiger partial charge >= 0.3 is 16.5 Å². The molecule has 4 aromatic rings. The van der Waals surface area contributed by atoms with E-state index in [9.17, 15) is 0 Å². The van der Waals surface area contributed by atoms with E-state index < -0.39 is 0 Å². The average molecular weight is 670 g/mol. The molecule has 0 fully saturated rings. The van der Waals surface area contributed by atoms with Crippen LogP contribution in [-0.4, -0.2) is 20.2 Å². The summed E-state index contributed by atoms with van der Waals surface area (Å²) in [5.74, 6) is 1.66. The Bertz CT molecular complexity index is 1230. The van der Waals surface area contributed by atoms with Crippen LogP contribution in [0, 0.1) is 0 Å². The Kier molecular flexibility index (Phi) is 16.5. The molecule has 0 saturated heterocycles. The van der Waals surface area contributed by atoms with E-state index in [1.807, 2.05) is 85.3 Å². The molecule has 2 aromatic heterocycles. The maximum atomic E-state index is 5.19. The van der Waals surface area contributed by atoms with Gasteiger partial charge in [-0.05, 0) is 56.6 Å². The molecule has 0 radical (unpaired) electrons. The van der Waals surface area contributed by atoms with Gasteiger partial charge in [0.15, 0.2) is 0 Å². The molecule has 204 valence electrons. The van der Waals surface area contributed by atoms with Crippen LogP contribution < -0.4 is 0 Å². The first-order valence-corrected chi connectivity index (χ1v) is 16.1. The predicted octanol–water partition coefficient (Wildman–Crippen LogP) is 8.61. The predicted molar refractivity (Wildman–Crippen MR) is 178 cm³/mol. The number of hydrogen-bond acceptors (Lipinski definition) is 10. The van der Waals surface area contributed by atoms with Crippen molar-refractivity contribution in [2.45, 2.75) is 25.4 Å². The van der Waals surface area contributed by atoms with Gasteiger partial charge in [0, 0.05) is 11.5 Å². The zero-order valence-corrected chi connectivity index (χ0v) is 27.1. The summed E-state index contributed by atoms with van der Waals surface area (Å²) in [4.78, 5) is 2.25. The molecule has 0 atom stereocenters. The van der Waals surface area contributed by atoms with Crippen molar-refractivity contribution in [3.05, 3.63) is 117 Å². The van der Waals surface area contributed by atoms with Gasteiger partial charge in [0.05, 0.1) is 21.2 Å². The summed E-state index contributed by atoms with van der Waals surface area (Å²) >= 11 is 16.8. The maximum absolute atomic E-state index is 5.19. The fourth-order valence-corrected chi connectivity index (χ4v) is 5.74. The summed E-state index contributed by atoms with van der Waals surface area (Å²) in [5, 5.41) is 20.6. The van der Waals surface area contributed by atoms with Crippen LogP contribution in [0.15, 0.2) is 116 Å². The molecular formula is C28H26N4NiS6. The van der Waals surface area contributed by atoms with Gasteiger partial charge < -0.3 is 25.3 Å². The molecular weight excluding hydrogens is 643 g/mol. The van der Waals surface area contributed by atoms with Crippen LogP contribution in [0.1, 0.15) is 34.7 Å². The standard InChI is InChI=1S/2C14H14N2S3.Ni/c2*1-11(13-8-5-9-18-13)15-16-14(17)19-10-12-6-3-2-4-7-12;/h2*2-9H,10H2,1H3,(H,16,17);/q;;+2/p-2/b2*15-11+;. The minimum absolute atomic E-state index is 0. The molecule has 39 heavy (non-hydrogen) atoms. The summed E-state index contributed by atoms with van der Waals surface area (Å²) in [6.45, 7) is 3.89. The van der Waals surface area contributed by atoms with Gasteiger partial charge in [0.2, 0.25) is 0 Å². The summed E-state index contributed by atoms with van der Waals surface area (Å²) in [7, 11) is 0. The molecule has 4 nitrogen and oxygen atoms in total. The second-order valence-corrected chi connectivity index (χ2v) is 12.7. The van der Waals surface area contributed by atoms with E-state index >= 15 is 0 Å². The Hall–Kier alpha value is -1.85. The fourth-order valence-electron chi connectivity index (χ4n) is 2.80. The Labute approximate surface area is 268 Å². The molecule has 0 aliphatic heterocycles. The largest absolute Gasteiger partial charge is 2.00 e. The third kappa shape index (κ3) is 13.4. The molecule has 11 heteroatoms. The molecule has 0 aliphatic carbocycles. The number of thioether (sulfide) groups is 2. The Morgan fingerprint density at radius 2 is 0.974 bits per heavy atom. The van der Waals surface area contributed by atoms with Gasteiger partial charge in [0.1, 0.15) is 0 Å². The number of hydrogen-bond donors (Lipinski definition) is 0. The van der Waals surface area contributed by atoms with E-state index in [-0.39, 0.29) is 16.5 Å². The van der Waals surface area contributed by atoms with E-state index in [0.717, 1.165) is 32.7 Å². The number of nitrogens with zero attached hydrogens (tertiary/aromatic N) is 4. The van der Waals surface area contributed by atoms with Gasteiger partial charge in [-0.25, -0.2) is 0 Å². The number of thiophene rings is 2. The van der Waals surface area contributed by atoms with Crippen molar-refractivity contribution in [2.24, 2.45) is 20.4 Å². The Morgan fingerprint density at radius 1 is 0.590 bits per heavy atom. The van der Waals surface area contributed by atoms with Crippen molar-refractivity contribution in [1.29, 1.82) is 0 Å². The normalized spacial score (nSPS) is 12.4. The first-order chi connectivity index (χ1) is 18.5. The van der Waals surface area contributed by atoms with Gasteiger partial charge in [-0.3, -0.25) is 0 Å². The van der Waals surface area contributed by atoms with E-state index in [1.165, 1.54) is 34.7 Å². The number of benzene rings is 2. The fraction of sp³-hybridized carbons (Fsp3) is 0.143. The van der Waals surface area contributed by atoms with Gasteiger partial charge in [-0.1, -0.05) is 72.8 Å². The quantitative estimate of drug-likeness (QED) is 0.0620. The molecule has 0 N–H and O–H groups in total. The summed E-state index contributed by atoms with van der Waals surface area (Å²) in [6.07, 6.45) is 0. The van der Waals surface area contributed by atoms with Crippen LogP contribution in [0.25, 0.3) is 0 Å². The van der Waals surface area contributed by atoms with Crippen LogP contribution in [0.2, 0.25) is 0 Å². The third-order valence-electron chi connectivity index (χ3n) is 4.73. The molecule has 2 heterocycles. The first-order valence-electron chi connectivity index (χ1n) is 11.5. The number of rotatable bonds is 8. The van der Waals surface area contributed by atoms with Crippen molar-refractivity contribution in [2.75, 3.05) is 0 Å². The SMILES string of the molecule is C/C(=N\N=C(/[S-])SCc1ccccc1)c1cccs1.C/C(=N\N=C(/[S-])SCc1ccccc1)c1cccs1.[Ni+2]. The molecule has 4 rings (SSSR count). The van der Waals surface area contributed by atoms with Crippen LogP contribution in [0.5, 0.6) is 0 Å². The van der Waals surface area contributed by atoms with E-state index in [0.29, 0.717) is 8.75 Å². The second kappa shape index (κ2) is 19.3. The first kappa shape index (κ1) is 33.4. The van der Waals surface area contributed by atoms with Crippen molar-refractivity contribution in [3.8, 4) is 0 Å². The molecule has 0 spiro atoms. The van der Waals surface area contributed by atoms with Gasteiger partial charge in [0.25, 0.3) is 0 Å². The summed E-state index contributed by atoms with van der Waals surface area (Å²) in [6, 6.07) is 28.5. The monoisotopic (exact) mass is 668 g/mol. The van der Waals surface area contributed by atoms with Crippen molar-refractivity contribution >= 4 is 91.6 Å². The van der Waals surface area contributed by atoms with E-state index in [4.69, 9.17) is 25.3 Å². The third-order valence-corrected chi connectivity index (χ3v) is 9.17. The van der Waals surface area contributed by atoms with Crippen LogP contribution in [-0.2, 0) is 53.3 Å². The van der Waals surface area contributed by atoms with Crippen LogP contribution >= 0.6 is 46.2 Å². The molecule has 2 aromatic carbocycles. The topological polar surface area (TPSA) is 49.4 Å². The minimum atomic E-state index is 0. The summed E-state index contributed by atoms with van der Waals surface area (Å²) < 4.78 is 1.14. The molecule has 0 amide bonds. The van der Waals surface area contributed by atoms with Crippen LogP contribution in [0.4, 0.5) is 0 Å². The molecule has 0 aliphatic rings. The molecule has 0 unspecified atom stereocenters. The van der Waals surface area contributed by atoms with E-state index in [2.05, 4.69) is 44.7 Å². The Balaban J connectivity index is 0.000000267. The molecule has 0 bridgehead atoms. The second-order valence-electron chi connectivity index (χ2n) is 7.61. The maximum Gasteiger partial charge on any atom is 2.00 e. The van der Waals surface area contributed by atoms with Crippen molar-refractivity contribution in [1.82, 2.24) is 0 Å². The summed E-state index contributed by atoms with van der Waals surface area (Å²) in [5.41, 5.74) is 4.28. The van der Waals surface area contributed by atoms with Crippen molar-refractivity contribution in [3.63, 3.8) is 0 Å². The van der Waals surface area contributed by atoms with E-state index in [1.54, 1.807) is 22.7 Å². The van der Waals surface area contributed by atoms with Gasteiger partial charge in [-0.15, -0.1) is 46.2 Å². The smallest absolute Gasteiger partial charge is 0.752 e.